The predicted molar refractivity (Wildman–Crippen MR) is 71.6 cm³/mol. The first-order valence-electron chi connectivity index (χ1n) is 6.77. The summed E-state index contributed by atoms with van der Waals surface area (Å²) in [6.07, 6.45) is 7.38. The van der Waals surface area contributed by atoms with Crippen molar-refractivity contribution in [3.05, 3.63) is 17.7 Å². The molecule has 1 aromatic rings. The first-order chi connectivity index (χ1) is 9.20. The molecule has 0 saturated heterocycles. The lowest BCUT2D eigenvalue weighted by Gasteiger charge is -2.21. The molecule has 0 aliphatic heterocycles. The maximum Gasteiger partial charge on any atom is 0.178 e. The van der Waals surface area contributed by atoms with Gasteiger partial charge in [-0.1, -0.05) is 32.1 Å². The van der Waals surface area contributed by atoms with Gasteiger partial charge in [-0.2, -0.15) is 0 Å². The molecule has 1 fully saturated rings. The normalized spacial score (nSPS) is 16.4. The summed E-state index contributed by atoms with van der Waals surface area (Å²) in [5.74, 6) is 4.23. The Hall–Kier alpha value is -1.43. The molecule has 0 aromatic carbocycles. The monoisotopic (exact) mass is 270 g/mol. The molecule has 1 aromatic heterocycles. The zero-order valence-corrected chi connectivity index (χ0v) is 10.9. The average molecular weight is 270 g/mol. The van der Waals surface area contributed by atoms with E-state index in [2.05, 4.69) is 15.7 Å². The van der Waals surface area contributed by atoms with Gasteiger partial charge < -0.3 is 10.7 Å². The quantitative estimate of drug-likeness (QED) is 0.568. The summed E-state index contributed by atoms with van der Waals surface area (Å²) in [6, 6.07) is 0.783. The maximum absolute atomic E-state index is 13.5. The van der Waals surface area contributed by atoms with Crippen molar-refractivity contribution in [1.82, 2.24) is 4.98 Å². The van der Waals surface area contributed by atoms with E-state index in [4.69, 9.17) is 5.84 Å². The smallest absolute Gasteiger partial charge is 0.178 e. The van der Waals surface area contributed by atoms with Crippen molar-refractivity contribution >= 4 is 11.6 Å². The summed E-state index contributed by atoms with van der Waals surface area (Å²) >= 11 is 0. The van der Waals surface area contributed by atoms with E-state index in [1.807, 2.05) is 0 Å². The van der Waals surface area contributed by atoms with Crippen molar-refractivity contribution in [2.24, 2.45) is 11.8 Å². The number of hydrazine groups is 1. The van der Waals surface area contributed by atoms with Crippen LogP contribution < -0.4 is 16.6 Å². The molecule has 1 aliphatic rings. The third kappa shape index (κ3) is 3.76. The Morgan fingerprint density at radius 3 is 2.53 bits per heavy atom. The fraction of sp³-hybridized carbons (Fsp3) is 0.615. The third-order valence-electron chi connectivity index (χ3n) is 3.64. The molecule has 0 radical (unpaired) electrons. The number of anilines is 2. The highest BCUT2D eigenvalue weighted by molar-refractivity contribution is 5.46. The molecule has 4 nitrogen and oxygen atoms in total. The number of aromatic nitrogens is 1. The Morgan fingerprint density at radius 2 is 1.84 bits per heavy atom. The molecule has 4 N–H and O–H groups in total. The van der Waals surface area contributed by atoms with Crippen molar-refractivity contribution in [2.75, 3.05) is 17.3 Å². The second kappa shape index (κ2) is 6.65. The fourth-order valence-corrected chi connectivity index (χ4v) is 2.56. The van der Waals surface area contributed by atoms with Crippen LogP contribution in [0.2, 0.25) is 0 Å². The molecule has 6 heteroatoms. The van der Waals surface area contributed by atoms with Gasteiger partial charge in [0, 0.05) is 12.6 Å². The molecule has 0 unspecified atom stereocenters. The summed E-state index contributed by atoms with van der Waals surface area (Å²) < 4.78 is 26.7. The molecular formula is C13H20F2N4. The van der Waals surface area contributed by atoms with Gasteiger partial charge in [0.05, 0.1) is 0 Å². The summed E-state index contributed by atoms with van der Waals surface area (Å²) in [5, 5.41) is 2.91. The van der Waals surface area contributed by atoms with Gasteiger partial charge in [-0.3, -0.25) is 0 Å². The number of pyridine rings is 1. The van der Waals surface area contributed by atoms with E-state index in [1.54, 1.807) is 0 Å². The van der Waals surface area contributed by atoms with Crippen LogP contribution in [0.3, 0.4) is 0 Å². The number of rotatable bonds is 5. The van der Waals surface area contributed by atoms with Crippen LogP contribution in [0.5, 0.6) is 0 Å². The minimum Gasteiger partial charge on any atom is -0.368 e. The molecule has 1 heterocycles. The van der Waals surface area contributed by atoms with Crippen molar-refractivity contribution in [3.63, 3.8) is 0 Å². The lowest BCUT2D eigenvalue weighted by atomic mass is 9.87. The van der Waals surface area contributed by atoms with Gasteiger partial charge >= 0.3 is 0 Å². The van der Waals surface area contributed by atoms with E-state index in [9.17, 15) is 8.78 Å². The molecule has 19 heavy (non-hydrogen) atoms. The number of hydrogen-bond acceptors (Lipinski definition) is 4. The molecule has 0 amide bonds. The van der Waals surface area contributed by atoms with Crippen LogP contribution in [0.1, 0.15) is 38.5 Å². The predicted octanol–water partition coefficient (Wildman–Crippen LogP) is 3.03. The first-order valence-corrected chi connectivity index (χ1v) is 6.77. The van der Waals surface area contributed by atoms with Crippen LogP contribution in [-0.4, -0.2) is 11.5 Å². The van der Waals surface area contributed by atoms with E-state index < -0.39 is 11.6 Å². The molecule has 0 atom stereocenters. The second-order valence-corrected chi connectivity index (χ2v) is 5.01. The van der Waals surface area contributed by atoms with Crippen molar-refractivity contribution in [3.8, 4) is 0 Å². The van der Waals surface area contributed by atoms with Gasteiger partial charge in [-0.25, -0.2) is 19.6 Å². The highest BCUT2D eigenvalue weighted by atomic mass is 19.1. The number of nitrogens with two attached hydrogens (primary N) is 1. The van der Waals surface area contributed by atoms with Crippen LogP contribution >= 0.6 is 0 Å². The molecule has 0 bridgehead atoms. The zero-order chi connectivity index (χ0) is 13.7. The maximum atomic E-state index is 13.5. The van der Waals surface area contributed by atoms with Gasteiger partial charge in [0.1, 0.15) is 0 Å². The number of nitrogens with one attached hydrogen (secondary N) is 2. The van der Waals surface area contributed by atoms with Crippen molar-refractivity contribution in [2.45, 2.75) is 38.5 Å². The number of nitrogens with zero attached hydrogens (tertiary/aromatic N) is 1. The molecule has 2 rings (SSSR count). The van der Waals surface area contributed by atoms with Gasteiger partial charge in [-0.15, -0.1) is 0 Å². The number of halogens is 2. The van der Waals surface area contributed by atoms with Crippen LogP contribution in [0.25, 0.3) is 0 Å². The van der Waals surface area contributed by atoms with E-state index in [0.717, 1.165) is 12.5 Å². The highest BCUT2D eigenvalue weighted by Crippen LogP contribution is 2.26. The van der Waals surface area contributed by atoms with E-state index in [0.29, 0.717) is 12.5 Å². The minimum absolute atomic E-state index is 0.0464. The van der Waals surface area contributed by atoms with Gasteiger partial charge in [0.2, 0.25) is 0 Å². The van der Waals surface area contributed by atoms with Crippen LogP contribution in [0.15, 0.2) is 6.07 Å². The Balaban J connectivity index is 1.88. The largest absolute Gasteiger partial charge is 0.368 e. The van der Waals surface area contributed by atoms with E-state index in [1.165, 1.54) is 32.1 Å². The minimum atomic E-state index is -0.794. The highest BCUT2D eigenvalue weighted by Gasteiger charge is 2.14. The Bertz CT molecular complexity index is 419. The van der Waals surface area contributed by atoms with Crippen LogP contribution in [0.4, 0.5) is 20.4 Å². The van der Waals surface area contributed by atoms with Gasteiger partial charge in [-0.05, 0) is 12.3 Å². The molecule has 1 aliphatic carbocycles. The average Bonchev–Trinajstić information content (AvgIpc) is 2.42. The summed E-state index contributed by atoms with van der Waals surface area (Å²) in [5.41, 5.74) is 2.11. The Morgan fingerprint density at radius 1 is 1.16 bits per heavy atom. The van der Waals surface area contributed by atoms with E-state index in [-0.39, 0.29) is 11.6 Å². The number of hydrogen-bond donors (Lipinski definition) is 3. The third-order valence-corrected chi connectivity index (χ3v) is 3.64. The standard InChI is InChI=1S/C13H20F2N4/c14-10-8-11(15)13(19-16)18-12(10)17-7-6-9-4-2-1-3-5-9/h8-9H,1-7,16H2,(H2,17,18,19). The van der Waals surface area contributed by atoms with Gasteiger partial charge in [0.15, 0.2) is 23.3 Å². The summed E-state index contributed by atoms with van der Waals surface area (Å²) in [7, 11) is 0. The zero-order valence-electron chi connectivity index (χ0n) is 10.9. The Labute approximate surface area is 111 Å². The summed E-state index contributed by atoms with van der Waals surface area (Å²) in [4.78, 5) is 3.78. The fourth-order valence-electron chi connectivity index (χ4n) is 2.56. The molecule has 1 saturated carbocycles. The lowest BCUT2D eigenvalue weighted by molar-refractivity contribution is 0.345. The molecular weight excluding hydrogens is 250 g/mol. The molecule has 0 spiro atoms. The Kier molecular flexibility index (Phi) is 4.90. The SMILES string of the molecule is NNc1nc(NCCC2CCCCC2)c(F)cc1F. The summed E-state index contributed by atoms with van der Waals surface area (Å²) in [6.45, 7) is 0.643. The lowest BCUT2D eigenvalue weighted by Crippen LogP contribution is -2.16. The second-order valence-electron chi connectivity index (χ2n) is 5.01. The van der Waals surface area contributed by atoms with Gasteiger partial charge in [0.25, 0.3) is 0 Å². The van der Waals surface area contributed by atoms with Crippen LogP contribution in [-0.2, 0) is 0 Å². The first kappa shape index (κ1) is 14.0. The van der Waals surface area contributed by atoms with E-state index >= 15 is 0 Å². The molecule has 106 valence electrons. The number of nitrogen functional groups attached to an aromatic ring is 1. The van der Waals surface area contributed by atoms with Crippen molar-refractivity contribution in [1.29, 1.82) is 0 Å². The van der Waals surface area contributed by atoms with Crippen molar-refractivity contribution < 1.29 is 8.78 Å². The topological polar surface area (TPSA) is 63.0 Å². The van der Waals surface area contributed by atoms with Crippen LogP contribution in [0, 0.1) is 17.6 Å².